The van der Waals surface area contributed by atoms with Crippen LogP contribution in [-0.2, 0) is 11.3 Å². The second kappa shape index (κ2) is 7.25. The molecule has 0 fully saturated rings. The highest BCUT2D eigenvalue weighted by atomic mass is 16.2. The molecule has 1 aromatic carbocycles. The molecule has 1 heterocycles. The molecule has 2 N–H and O–H groups in total. The van der Waals surface area contributed by atoms with E-state index in [0.717, 1.165) is 25.0 Å². The minimum atomic E-state index is -0.491. The van der Waals surface area contributed by atoms with Gasteiger partial charge in [0, 0.05) is 23.4 Å². The van der Waals surface area contributed by atoms with E-state index < -0.39 is 5.91 Å². The van der Waals surface area contributed by atoms with Crippen LogP contribution in [0.25, 0.3) is 11.4 Å². The second-order valence-corrected chi connectivity index (χ2v) is 5.81. The fourth-order valence-electron chi connectivity index (χ4n) is 2.85. The van der Waals surface area contributed by atoms with Gasteiger partial charge in [-0.1, -0.05) is 18.2 Å². The Hall–Kier alpha value is -3.03. The third kappa shape index (κ3) is 3.73. The summed E-state index contributed by atoms with van der Waals surface area (Å²) < 4.78 is 0. The maximum atomic E-state index is 12.5. The van der Waals surface area contributed by atoms with E-state index >= 15 is 0 Å². The number of hydrogen-bond donors (Lipinski definition) is 1. The van der Waals surface area contributed by atoms with Gasteiger partial charge in [0.1, 0.15) is 6.54 Å². The number of nitrogens with zero attached hydrogens (tertiary/aromatic N) is 5. The van der Waals surface area contributed by atoms with Crippen LogP contribution < -0.4 is 5.73 Å². The molecule has 130 valence electrons. The van der Waals surface area contributed by atoms with Crippen molar-refractivity contribution in [1.82, 2.24) is 25.1 Å². The number of hydrogen-bond acceptors (Lipinski definition) is 5. The summed E-state index contributed by atoms with van der Waals surface area (Å²) in [7, 11) is 0. The zero-order valence-corrected chi connectivity index (χ0v) is 14.1. The Morgan fingerprint density at radius 2 is 2.04 bits per heavy atom. The standard InChI is InChI=1S/C17H20N6O2/c1-2-22(14-5-3-4-6-14)15(24)11-23-20-17(19-21-23)13-9-7-12(8-10-13)16(18)25/h5,7-10H,2-4,6,11H2,1H3,(H2,18,25). The Bertz CT molecular complexity index is 809. The van der Waals surface area contributed by atoms with Gasteiger partial charge in [-0.2, -0.15) is 4.80 Å². The van der Waals surface area contributed by atoms with Crippen molar-refractivity contribution in [2.75, 3.05) is 6.54 Å². The number of aromatic nitrogens is 4. The molecule has 8 nitrogen and oxygen atoms in total. The molecule has 25 heavy (non-hydrogen) atoms. The van der Waals surface area contributed by atoms with Crippen molar-refractivity contribution < 1.29 is 9.59 Å². The molecule has 0 unspecified atom stereocenters. The summed E-state index contributed by atoms with van der Waals surface area (Å²) in [6.45, 7) is 2.62. The number of carbonyl (C=O) groups excluding carboxylic acids is 2. The van der Waals surface area contributed by atoms with Gasteiger partial charge < -0.3 is 10.6 Å². The largest absolute Gasteiger partial charge is 0.366 e. The van der Waals surface area contributed by atoms with Crippen LogP contribution in [0, 0.1) is 0 Å². The average Bonchev–Trinajstić information content (AvgIpc) is 3.28. The van der Waals surface area contributed by atoms with Gasteiger partial charge in [0.15, 0.2) is 0 Å². The van der Waals surface area contributed by atoms with Crippen LogP contribution in [0.1, 0.15) is 36.5 Å². The summed E-state index contributed by atoms with van der Waals surface area (Å²) in [5, 5.41) is 12.2. The van der Waals surface area contributed by atoms with E-state index in [4.69, 9.17) is 5.73 Å². The third-order valence-corrected chi connectivity index (χ3v) is 4.14. The molecule has 0 bridgehead atoms. The number of nitrogens with two attached hydrogens (primary N) is 1. The Morgan fingerprint density at radius 1 is 1.28 bits per heavy atom. The molecule has 3 rings (SSSR count). The van der Waals surface area contributed by atoms with E-state index in [0.29, 0.717) is 23.5 Å². The average molecular weight is 340 g/mol. The molecule has 0 spiro atoms. The highest BCUT2D eigenvalue weighted by molar-refractivity contribution is 5.93. The van der Waals surface area contributed by atoms with Crippen LogP contribution in [0.3, 0.4) is 0 Å². The van der Waals surface area contributed by atoms with E-state index in [9.17, 15) is 9.59 Å². The lowest BCUT2D eigenvalue weighted by Gasteiger charge is -2.21. The summed E-state index contributed by atoms with van der Waals surface area (Å²) in [5.41, 5.74) is 7.41. The monoisotopic (exact) mass is 340 g/mol. The lowest BCUT2D eigenvalue weighted by molar-refractivity contribution is -0.130. The van der Waals surface area contributed by atoms with Crippen molar-refractivity contribution >= 4 is 11.8 Å². The van der Waals surface area contributed by atoms with Crippen LogP contribution in [0.5, 0.6) is 0 Å². The Kier molecular flexibility index (Phi) is 4.87. The molecule has 0 atom stereocenters. The first-order chi connectivity index (χ1) is 12.1. The van der Waals surface area contributed by atoms with Crippen molar-refractivity contribution in [3.63, 3.8) is 0 Å². The van der Waals surface area contributed by atoms with Crippen molar-refractivity contribution in [2.45, 2.75) is 32.7 Å². The number of rotatable bonds is 6. The zero-order chi connectivity index (χ0) is 17.8. The summed E-state index contributed by atoms with van der Waals surface area (Å²) >= 11 is 0. The van der Waals surface area contributed by atoms with E-state index in [-0.39, 0.29) is 12.5 Å². The number of carbonyl (C=O) groups is 2. The van der Waals surface area contributed by atoms with Gasteiger partial charge in [-0.25, -0.2) is 0 Å². The molecular weight excluding hydrogens is 320 g/mol. The third-order valence-electron chi connectivity index (χ3n) is 4.14. The van der Waals surface area contributed by atoms with Gasteiger partial charge in [-0.3, -0.25) is 9.59 Å². The number of primary amides is 1. The number of allylic oxidation sites excluding steroid dienone is 2. The van der Waals surface area contributed by atoms with E-state index in [2.05, 4.69) is 21.5 Å². The molecule has 1 aromatic heterocycles. The molecule has 0 aliphatic heterocycles. The SMILES string of the molecule is CCN(C(=O)Cn1nnc(-c2ccc(C(N)=O)cc2)n1)C1=CCCC1. The maximum Gasteiger partial charge on any atom is 0.250 e. The van der Waals surface area contributed by atoms with Crippen molar-refractivity contribution in [3.8, 4) is 11.4 Å². The molecule has 2 aromatic rings. The van der Waals surface area contributed by atoms with Crippen LogP contribution in [-0.4, -0.2) is 43.5 Å². The van der Waals surface area contributed by atoms with Crippen molar-refractivity contribution in [1.29, 1.82) is 0 Å². The molecule has 8 heteroatoms. The summed E-state index contributed by atoms with van der Waals surface area (Å²) in [6, 6.07) is 6.61. The molecule has 1 aliphatic carbocycles. The fraction of sp³-hybridized carbons (Fsp3) is 0.353. The minimum absolute atomic E-state index is 0.0392. The van der Waals surface area contributed by atoms with Gasteiger partial charge >= 0.3 is 0 Å². The van der Waals surface area contributed by atoms with Crippen molar-refractivity contribution in [3.05, 3.63) is 41.6 Å². The predicted octanol–water partition coefficient (Wildman–Crippen LogP) is 1.36. The van der Waals surface area contributed by atoms with Gasteiger partial charge in [-0.15, -0.1) is 10.2 Å². The van der Waals surface area contributed by atoms with Gasteiger partial charge in [0.2, 0.25) is 17.6 Å². The van der Waals surface area contributed by atoms with Crippen LogP contribution in [0.4, 0.5) is 0 Å². The first-order valence-corrected chi connectivity index (χ1v) is 8.26. The Labute approximate surface area is 145 Å². The molecule has 1 aliphatic rings. The van der Waals surface area contributed by atoms with Crippen LogP contribution in [0.15, 0.2) is 36.0 Å². The number of benzene rings is 1. The lowest BCUT2D eigenvalue weighted by Crippen LogP contribution is -2.33. The summed E-state index contributed by atoms with van der Waals surface area (Å²) in [6.07, 6.45) is 5.15. The minimum Gasteiger partial charge on any atom is -0.366 e. The molecule has 0 radical (unpaired) electrons. The first-order valence-electron chi connectivity index (χ1n) is 8.26. The van der Waals surface area contributed by atoms with E-state index in [1.54, 1.807) is 29.2 Å². The van der Waals surface area contributed by atoms with Gasteiger partial charge in [0.05, 0.1) is 0 Å². The number of tetrazole rings is 1. The van der Waals surface area contributed by atoms with Gasteiger partial charge in [-0.05, 0) is 43.5 Å². The highest BCUT2D eigenvalue weighted by Crippen LogP contribution is 2.21. The zero-order valence-electron chi connectivity index (χ0n) is 14.1. The summed E-state index contributed by atoms with van der Waals surface area (Å²) in [5.74, 6) is -0.148. The smallest absolute Gasteiger partial charge is 0.250 e. The first kappa shape index (κ1) is 16.8. The van der Waals surface area contributed by atoms with Crippen molar-refractivity contribution in [2.24, 2.45) is 5.73 Å². The Morgan fingerprint density at radius 3 is 2.64 bits per heavy atom. The topological polar surface area (TPSA) is 107 Å². The number of amides is 2. The second-order valence-electron chi connectivity index (χ2n) is 5.81. The van der Waals surface area contributed by atoms with Crippen LogP contribution in [0.2, 0.25) is 0 Å². The Balaban J connectivity index is 1.70. The van der Waals surface area contributed by atoms with E-state index in [1.807, 2.05) is 6.92 Å². The fourth-order valence-corrected chi connectivity index (χ4v) is 2.85. The lowest BCUT2D eigenvalue weighted by atomic mass is 10.1. The normalized spacial score (nSPS) is 13.6. The molecular formula is C17H20N6O2. The van der Waals surface area contributed by atoms with Gasteiger partial charge in [0.25, 0.3) is 0 Å². The number of likely N-dealkylation sites (N-methyl/N-ethyl adjacent to an activating group) is 1. The van der Waals surface area contributed by atoms with E-state index in [1.165, 1.54) is 4.80 Å². The molecule has 0 saturated heterocycles. The highest BCUT2D eigenvalue weighted by Gasteiger charge is 2.20. The summed E-state index contributed by atoms with van der Waals surface area (Å²) in [4.78, 5) is 26.7. The molecule has 2 amide bonds. The maximum absolute atomic E-state index is 12.5. The van der Waals surface area contributed by atoms with Crippen LogP contribution >= 0.6 is 0 Å². The quantitative estimate of drug-likeness (QED) is 0.854. The molecule has 0 saturated carbocycles. The predicted molar refractivity (Wildman–Crippen MR) is 91.1 cm³/mol.